The number of hydrogen-bond acceptors (Lipinski definition) is 7. The Bertz CT molecular complexity index is 1150. The van der Waals surface area contributed by atoms with Gasteiger partial charge in [-0.2, -0.15) is 0 Å². The lowest BCUT2D eigenvalue weighted by atomic mass is 10.0. The van der Waals surface area contributed by atoms with Crippen LogP contribution in [-0.2, 0) is 11.3 Å². The van der Waals surface area contributed by atoms with Gasteiger partial charge in [0.2, 0.25) is 11.6 Å². The summed E-state index contributed by atoms with van der Waals surface area (Å²) in [6.07, 6.45) is 5.41. The van der Waals surface area contributed by atoms with Crippen molar-refractivity contribution in [3.63, 3.8) is 0 Å². The Morgan fingerprint density at radius 2 is 2.13 bits per heavy atom. The summed E-state index contributed by atoms with van der Waals surface area (Å²) in [5.41, 5.74) is 0.512. The van der Waals surface area contributed by atoms with Gasteiger partial charge in [0.15, 0.2) is 5.82 Å². The summed E-state index contributed by atoms with van der Waals surface area (Å²) in [5.74, 6) is 1.88. The van der Waals surface area contributed by atoms with Crippen molar-refractivity contribution in [1.82, 2.24) is 19.2 Å². The Labute approximate surface area is 179 Å². The minimum Gasteiger partial charge on any atom is -0.497 e. The number of ether oxygens (including phenoxy) is 2. The third kappa shape index (κ3) is 4.18. The van der Waals surface area contributed by atoms with E-state index in [1.54, 1.807) is 37.7 Å². The number of benzene rings is 1. The van der Waals surface area contributed by atoms with Crippen LogP contribution in [0, 0.1) is 5.92 Å². The molecule has 3 aromatic rings. The first kappa shape index (κ1) is 20.7. The van der Waals surface area contributed by atoms with E-state index < -0.39 is 11.6 Å². The number of carbonyl (C=O) groups is 1. The van der Waals surface area contributed by atoms with Gasteiger partial charge < -0.3 is 19.7 Å². The molecule has 1 aliphatic rings. The molecule has 164 valence electrons. The van der Waals surface area contributed by atoms with E-state index in [1.807, 2.05) is 0 Å². The van der Waals surface area contributed by atoms with Crippen LogP contribution in [0.25, 0.3) is 5.65 Å². The molecule has 1 saturated heterocycles. The smallest absolute Gasteiger partial charge is 0.350 e. The van der Waals surface area contributed by atoms with Gasteiger partial charge in [-0.05, 0) is 30.9 Å². The van der Waals surface area contributed by atoms with Crippen molar-refractivity contribution in [3.8, 4) is 11.5 Å². The van der Waals surface area contributed by atoms with Gasteiger partial charge in [0.1, 0.15) is 18.0 Å². The van der Waals surface area contributed by atoms with Gasteiger partial charge in [-0.1, -0.05) is 6.92 Å². The van der Waals surface area contributed by atoms with Crippen LogP contribution in [0.5, 0.6) is 11.5 Å². The summed E-state index contributed by atoms with van der Waals surface area (Å²) in [6, 6.07) is 5.09. The average molecular weight is 426 g/mol. The molecule has 1 N–H and O–H groups in total. The quantitative estimate of drug-likeness (QED) is 0.641. The number of fused-ring (bicyclic) bond motifs is 1. The maximum atomic E-state index is 12.8. The highest BCUT2D eigenvalue weighted by molar-refractivity contribution is 5.92. The van der Waals surface area contributed by atoms with Crippen molar-refractivity contribution in [2.75, 3.05) is 37.5 Å². The van der Waals surface area contributed by atoms with Gasteiger partial charge in [-0.25, -0.2) is 18.9 Å². The zero-order chi connectivity index (χ0) is 22.0. The largest absolute Gasteiger partial charge is 0.497 e. The first-order valence-corrected chi connectivity index (χ1v) is 10.2. The van der Waals surface area contributed by atoms with Crippen molar-refractivity contribution >= 4 is 23.1 Å². The van der Waals surface area contributed by atoms with E-state index in [-0.39, 0.29) is 6.54 Å². The Balaban J connectivity index is 1.59. The van der Waals surface area contributed by atoms with E-state index in [9.17, 15) is 9.59 Å². The lowest BCUT2D eigenvalue weighted by Crippen LogP contribution is -2.35. The monoisotopic (exact) mass is 426 g/mol. The SMILES string of the molecule is COc1ccc(OC)c(NC(=O)Cn2nc3c(N4CCC[C@H](C)C4)nccn3c2=O)c1. The van der Waals surface area contributed by atoms with Crippen molar-refractivity contribution in [1.29, 1.82) is 0 Å². The zero-order valence-corrected chi connectivity index (χ0v) is 17.9. The topological polar surface area (TPSA) is 103 Å². The average Bonchev–Trinajstić information content (AvgIpc) is 3.09. The number of hydrogen-bond donors (Lipinski definition) is 1. The van der Waals surface area contributed by atoms with E-state index in [2.05, 4.69) is 27.2 Å². The first-order valence-electron chi connectivity index (χ1n) is 10.2. The summed E-state index contributed by atoms with van der Waals surface area (Å²) in [7, 11) is 3.05. The second-order valence-corrected chi connectivity index (χ2v) is 7.69. The second kappa shape index (κ2) is 8.66. The van der Waals surface area contributed by atoms with E-state index in [0.717, 1.165) is 24.2 Å². The van der Waals surface area contributed by atoms with Crippen LogP contribution in [0.15, 0.2) is 35.4 Å². The molecule has 0 spiro atoms. The molecule has 0 unspecified atom stereocenters. The van der Waals surface area contributed by atoms with Crippen LogP contribution in [0.4, 0.5) is 11.5 Å². The first-order chi connectivity index (χ1) is 15.0. The highest BCUT2D eigenvalue weighted by Crippen LogP contribution is 2.29. The van der Waals surface area contributed by atoms with Crippen molar-refractivity contribution in [2.45, 2.75) is 26.3 Å². The van der Waals surface area contributed by atoms with E-state index >= 15 is 0 Å². The lowest BCUT2D eigenvalue weighted by Gasteiger charge is -2.31. The van der Waals surface area contributed by atoms with Gasteiger partial charge in [0, 0.05) is 31.5 Å². The summed E-state index contributed by atoms with van der Waals surface area (Å²) >= 11 is 0. The number of nitrogens with one attached hydrogen (secondary N) is 1. The fourth-order valence-electron chi connectivity index (χ4n) is 3.88. The van der Waals surface area contributed by atoms with Gasteiger partial charge in [-0.3, -0.25) is 4.79 Å². The third-order valence-electron chi connectivity index (χ3n) is 5.41. The molecule has 2 aromatic heterocycles. The molecule has 1 atom stereocenters. The van der Waals surface area contributed by atoms with Crippen LogP contribution in [0.3, 0.4) is 0 Å². The van der Waals surface area contributed by atoms with Gasteiger partial charge in [0.05, 0.1) is 19.9 Å². The highest BCUT2D eigenvalue weighted by atomic mass is 16.5. The van der Waals surface area contributed by atoms with Crippen molar-refractivity contribution < 1.29 is 14.3 Å². The molecule has 1 amide bonds. The number of carbonyl (C=O) groups excluding carboxylic acids is 1. The van der Waals surface area contributed by atoms with E-state index in [4.69, 9.17) is 9.47 Å². The lowest BCUT2D eigenvalue weighted by molar-refractivity contribution is -0.117. The fourth-order valence-corrected chi connectivity index (χ4v) is 3.88. The summed E-state index contributed by atoms with van der Waals surface area (Å²) in [6.45, 7) is 3.70. The molecule has 10 heteroatoms. The molecular weight excluding hydrogens is 400 g/mol. The standard InChI is InChI=1S/C21H26N6O4/c1-14-5-4-9-25(12-14)19-20-24-27(21(29)26(20)10-8-22-19)13-18(28)23-16-11-15(30-2)6-7-17(16)31-3/h6-8,10-11,14H,4-5,9,12-13H2,1-3H3,(H,23,28)/t14-/m0/s1. The number of rotatable bonds is 6. The van der Waals surface area contributed by atoms with Crippen LogP contribution >= 0.6 is 0 Å². The molecule has 10 nitrogen and oxygen atoms in total. The molecule has 1 fully saturated rings. The summed E-state index contributed by atoms with van der Waals surface area (Å²) in [4.78, 5) is 32.1. The normalized spacial score (nSPS) is 16.4. The number of anilines is 2. The number of nitrogens with zero attached hydrogens (tertiary/aromatic N) is 5. The van der Waals surface area contributed by atoms with Crippen LogP contribution in [0.2, 0.25) is 0 Å². The molecule has 3 heterocycles. The predicted molar refractivity (Wildman–Crippen MR) is 116 cm³/mol. The Kier molecular flexibility index (Phi) is 5.79. The molecular formula is C21H26N6O4. The van der Waals surface area contributed by atoms with Gasteiger partial charge in [-0.15, -0.1) is 5.10 Å². The summed E-state index contributed by atoms with van der Waals surface area (Å²) < 4.78 is 13.1. The fraction of sp³-hybridized carbons (Fsp3) is 0.429. The minimum atomic E-state index is -0.404. The predicted octanol–water partition coefficient (Wildman–Crippen LogP) is 1.78. The number of methoxy groups -OCH3 is 2. The van der Waals surface area contributed by atoms with E-state index in [0.29, 0.717) is 34.6 Å². The second-order valence-electron chi connectivity index (χ2n) is 7.69. The number of piperidine rings is 1. The highest BCUT2D eigenvalue weighted by Gasteiger charge is 2.22. The minimum absolute atomic E-state index is 0.239. The molecule has 0 radical (unpaired) electrons. The third-order valence-corrected chi connectivity index (χ3v) is 5.41. The number of amides is 1. The maximum absolute atomic E-state index is 12.8. The van der Waals surface area contributed by atoms with Crippen molar-refractivity contribution in [3.05, 3.63) is 41.1 Å². The van der Waals surface area contributed by atoms with Crippen LogP contribution in [0.1, 0.15) is 19.8 Å². The molecule has 0 saturated carbocycles. The maximum Gasteiger partial charge on any atom is 0.350 e. The number of aromatic nitrogens is 4. The van der Waals surface area contributed by atoms with Crippen LogP contribution in [-0.4, -0.2) is 52.4 Å². The molecule has 0 bridgehead atoms. The molecule has 1 aliphatic heterocycles. The Morgan fingerprint density at radius 1 is 1.29 bits per heavy atom. The van der Waals surface area contributed by atoms with Crippen molar-refractivity contribution in [2.24, 2.45) is 5.92 Å². The Hall–Kier alpha value is -3.56. The summed E-state index contributed by atoms with van der Waals surface area (Å²) in [5, 5.41) is 7.18. The van der Waals surface area contributed by atoms with Gasteiger partial charge >= 0.3 is 5.69 Å². The van der Waals surface area contributed by atoms with Crippen LogP contribution < -0.4 is 25.4 Å². The molecule has 1 aromatic carbocycles. The van der Waals surface area contributed by atoms with E-state index in [1.165, 1.54) is 17.9 Å². The van der Waals surface area contributed by atoms with Gasteiger partial charge in [0.25, 0.3) is 0 Å². The molecule has 4 rings (SSSR count). The molecule has 0 aliphatic carbocycles. The Morgan fingerprint density at radius 3 is 2.87 bits per heavy atom. The molecule has 31 heavy (non-hydrogen) atoms. The zero-order valence-electron chi connectivity index (χ0n) is 17.9.